The first-order valence-electron chi connectivity index (χ1n) is 7.34. The molecule has 1 saturated heterocycles. The molecular formula is C16H24ClN3O3. The number of halogens is 1. The van der Waals surface area contributed by atoms with Crippen LogP contribution >= 0.6 is 12.4 Å². The molecule has 0 aliphatic carbocycles. The minimum Gasteiger partial charge on any atom is -0.369 e. The van der Waals surface area contributed by atoms with E-state index in [2.05, 4.69) is 5.32 Å². The van der Waals surface area contributed by atoms with Gasteiger partial charge in [-0.3, -0.25) is 9.59 Å². The summed E-state index contributed by atoms with van der Waals surface area (Å²) in [4.78, 5) is 26.0. The second-order valence-corrected chi connectivity index (χ2v) is 6.24. The third-order valence-corrected chi connectivity index (χ3v) is 3.41. The predicted molar refractivity (Wildman–Crippen MR) is 90.1 cm³/mol. The van der Waals surface area contributed by atoms with E-state index in [1.807, 2.05) is 44.2 Å². The summed E-state index contributed by atoms with van der Waals surface area (Å²) in [5.41, 5.74) is 6.35. The Kier molecular flexibility index (Phi) is 7.00. The molecular weight excluding hydrogens is 318 g/mol. The van der Waals surface area contributed by atoms with Crippen LogP contribution in [0.5, 0.6) is 0 Å². The molecule has 1 heterocycles. The van der Waals surface area contributed by atoms with Crippen molar-refractivity contribution in [2.24, 2.45) is 5.73 Å². The van der Waals surface area contributed by atoms with Crippen molar-refractivity contribution in [2.45, 2.75) is 32.0 Å². The van der Waals surface area contributed by atoms with Crippen LogP contribution in [-0.2, 0) is 20.9 Å². The van der Waals surface area contributed by atoms with Gasteiger partial charge in [-0.25, -0.2) is 0 Å². The average Bonchev–Trinajstić information content (AvgIpc) is 2.47. The summed E-state index contributed by atoms with van der Waals surface area (Å²) < 4.78 is 5.23. The molecule has 1 aliphatic heterocycles. The van der Waals surface area contributed by atoms with Gasteiger partial charge in [-0.1, -0.05) is 30.3 Å². The Bertz CT molecular complexity index is 531. The first kappa shape index (κ1) is 19.4. The zero-order chi connectivity index (χ0) is 16.2. The molecule has 0 unspecified atom stereocenters. The Morgan fingerprint density at radius 2 is 2.04 bits per heavy atom. The van der Waals surface area contributed by atoms with Gasteiger partial charge < -0.3 is 20.7 Å². The Balaban J connectivity index is 0.00000264. The summed E-state index contributed by atoms with van der Waals surface area (Å²) in [6, 6.07) is 8.97. The SMILES string of the molecule is CC(C)(N)CNC(=O)[C@H]1COCC(=O)N1Cc1ccccc1.Cl. The van der Waals surface area contributed by atoms with E-state index in [0.29, 0.717) is 13.1 Å². The van der Waals surface area contributed by atoms with Gasteiger partial charge in [0.2, 0.25) is 11.8 Å². The minimum atomic E-state index is -0.621. The largest absolute Gasteiger partial charge is 0.369 e. The molecule has 7 heteroatoms. The highest BCUT2D eigenvalue weighted by Gasteiger charge is 2.34. The lowest BCUT2D eigenvalue weighted by molar-refractivity contribution is -0.155. The third kappa shape index (κ3) is 5.82. The van der Waals surface area contributed by atoms with Crippen molar-refractivity contribution in [3.8, 4) is 0 Å². The normalized spacial score (nSPS) is 18.3. The summed E-state index contributed by atoms with van der Waals surface area (Å²) in [6.07, 6.45) is 0. The molecule has 1 atom stereocenters. The van der Waals surface area contributed by atoms with Gasteiger partial charge in [-0.05, 0) is 19.4 Å². The van der Waals surface area contributed by atoms with Crippen molar-refractivity contribution in [1.82, 2.24) is 10.2 Å². The summed E-state index contributed by atoms with van der Waals surface area (Å²) >= 11 is 0. The van der Waals surface area contributed by atoms with Gasteiger partial charge in [0.15, 0.2) is 0 Å². The minimum absolute atomic E-state index is 0. The van der Waals surface area contributed by atoms with Crippen molar-refractivity contribution < 1.29 is 14.3 Å². The van der Waals surface area contributed by atoms with Crippen LogP contribution in [0.3, 0.4) is 0 Å². The van der Waals surface area contributed by atoms with E-state index in [0.717, 1.165) is 5.56 Å². The van der Waals surface area contributed by atoms with Gasteiger partial charge in [0.25, 0.3) is 0 Å². The lowest BCUT2D eigenvalue weighted by atomic mass is 10.1. The molecule has 1 fully saturated rings. The molecule has 3 N–H and O–H groups in total. The van der Waals surface area contributed by atoms with E-state index in [1.165, 1.54) is 0 Å². The quantitative estimate of drug-likeness (QED) is 0.825. The molecule has 1 aliphatic rings. The second kappa shape index (κ2) is 8.29. The second-order valence-electron chi connectivity index (χ2n) is 6.24. The van der Waals surface area contributed by atoms with E-state index in [1.54, 1.807) is 4.90 Å². The molecule has 0 radical (unpaired) electrons. The van der Waals surface area contributed by atoms with Crippen LogP contribution in [0.2, 0.25) is 0 Å². The number of ether oxygens (including phenoxy) is 1. The van der Waals surface area contributed by atoms with E-state index in [9.17, 15) is 9.59 Å². The Morgan fingerprint density at radius 3 is 2.65 bits per heavy atom. The van der Waals surface area contributed by atoms with Crippen LogP contribution in [0.15, 0.2) is 30.3 Å². The predicted octanol–water partition coefficient (Wildman–Crippen LogP) is 0.689. The van der Waals surface area contributed by atoms with Crippen molar-refractivity contribution in [2.75, 3.05) is 19.8 Å². The molecule has 0 spiro atoms. The number of benzene rings is 1. The maximum absolute atomic E-state index is 12.4. The van der Waals surface area contributed by atoms with E-state index < -0.39 is 11.6 Å². The molecule has 2 amide bonds. The molecule has 0 aromatic heterocycles. The lowest BCUT2D eigenvalue weighted by Crippen LogP contribution is -2.57. The van der Waals surface area contributed by atoms with Gasteiger partial charge in [-0.2, -0.15) is 0 Å². The molecule has 0 bridgehead atoms. The topological polar surface area (TPSA) is 84.7 Å². The highest BCUT2D eigenvalue weighted by molar-refractivity contribution is 5.89. The van der Waals surface area contributed by atoms with Crippen molar-refractivity contribution in [1.29, 1.82) is 0 Å². The Labute approximate surface area is 142 Å². The number of amides is 2. The number of nitrogens with one attached hydrogen (secondary N) is 1. The van der Waals surface area contributed by atoms with Crippen molar-refractivity contribution in [3.05, 3.63) is 35.9 Å². The number of morpholine rings is 1. The Hall–Kier alpha value is -1.63. The fourth-order valence-corrected chi connectivity index (χ4v) is 2.23. The molecule has 1 aromatic rings. The van der Waals surface area contributed by atoms with Gasteiger partial charge >= 0.3 is 0 Å². The smallest absolute Gasteiger partial charge is 0.249 e. The van der Waals surface area contributed by atoms with Crippen LogP contribution in [0, 0.1) is 0 Å². The first-order chi connectivity index (χ1) is 10.4. The molecule has 2 rings (SSSR count). The van der Waals surface area contributed by atoms with Crippen LogP contribution < -0.4 is 11.1 Å². The van der Waals surface area contributed by atoms with Crippen LogP contribution in [0.25, 0.3) is 0 Å². The van der Waals surface area contributed by atoms with Crippen LogP contribution in [0.4, 0.5) is 0 Å². The van der Waals surface area contributed by atoms with Crippen LogP contribution in [-0.4, -0.2) is 48.1 Å². The van der Waals surface area contributed by atoms with Crippen LogP contribution in [0.1, 0.15) is 19.4 Å². The summed E-state index contributed by atoms with van der Waals surface area (Å²) in [6.45, 7) is 4.62. The molecule has 1 aromatic carbocycles. The zero-order valence-electron chi connectivity index (χ0n) is 13.5. The summed E-state index contributed by atoms with van der Waals surface area (Å²) in [5.74, 6) is -0.412. The van der Waals surface area contributed by atoms with E-state index in [-0.39, 0.29) is 37.4 Å². The number of nitrogens with two attached hydrogens (primary N) is 1. The Morgan fingerprint density at radius 1 is 1.39 bits per heavy atom. The van der Waals surface area contributed by atoms with Crippen molar-refractivity contribution >= 4 is 24.2 Å². The average molecular weight is 342 g/mol. The number of rotatable bonds is 5. The summed E-state index contributed by atoms with van der Waals surface area (Å²) in [7, 11) is 0. The number of carbonyl (C=O) groups is 2. The van der Waals surface area contributed by atoms with E-state index >= 15 is 0 Å². The monoisotopic (exact) mass is 341 g/mol. The van der Waals surface area contributed by atoms with Gasteiger partial charge in [0.1, 0.15) is 12.6 Å². The number of hydrogen-bond donors (Lipinski definition) is 2. The number of nitrogens with zero attached hydrogens (tertiary/aromatic N) is 1. The van der Waals surface area contributed by atoms with E-state index in [4.69, 9.17) is 10.5 Å². The standard InChI is InChI=1S/C16H23N3O3.ClH/c1-16(2,17)11-18-15(21)13-9-22-10-14(20)19(13)8-12-6-4-3-5-7-12;/h3-7,13H,8-11,17H2,1-2H3,(H,18,21);1H/t13-;/m1./s1. The highest BCUT2D eigenvalue weighted by atomic mass is 35.5. The maximum atomic E-state index is 12.4. The van der Waals surface area contributed by atoms with Crippen molar-refractivity contribution in [3.63, 3.8) is 0 Å². The zero-order valence-corrected chi connectivity index (χ0v) is 14.3. The summed E-state index contributed by atoms with van der Waals surface area (Å²) in [5, 5.41) is 2.79. The maximum Gasteiger partial charge on any atom is 0.249 e. The first-order valence-corrected chi connectivity index (χ1v) is 7.34. The van der Waals surface area contributed by atoms with Gasteiger partial charge in [0.05, 0.1) is 6.61 Å². The van der Waals surface area contributed by atoms with Gasteiger partial charge in [0, 0.05) is 18.6 Å². The third-order valence-electron chi connectivity index (χ3n) is 3.41. The molecule has 6 nitrogen and oxygen atoms in total. The fourth-order valence-electron chi connectivity index (χ4n) is 2.23. The number of carbonyl (C=O) groups excluding carboxylic acids is 2. The molecule has 0 saturated carbocycles. The number of hydrogen-bond acceptors (Lipinski definition) is 4. The fraction of sp³-hybridized carbons (Fsp3) is 0.500. The highest BCUT2D eigenvalue weighted by Crippen LogP contribution is 2.14. The van der Waals surface area contributed by atoms with Gasteiger partial charge in [-0.15, -0.1) is 12.4 Å². The lowest BCUT2D eigenvalue weighted by Gasteiger charge is -2.35. The molecule has 128 valence electrons. The molecule has 23 heavy (non-hydrogen) atoms.